The van der Waals surface area contributed by atoms with Crippen molar-refractivity contribution in [2.75, 3.05) is 0 Å². The van der Waals surface area contributed by atoms with Gasteiger partial charge in [0.2, 0.25) is 0 Å². The molecule has 2 aliphatic carbocycles. The molecule has 0 heterocycles. The Morgan fingerprint density at radius 1 is 1.08 bits per heavy atom. The van der Waals surface area contributed by atoms with Crippen molar-refractivity contribution < 1.29 is 16.8 Å². The molecule has 0 saturated heterocycles. The second-order valence-corrected chi connectivity index (χ2v) is 3.00. The molecule has 0 unspecified atom stereocenters. The van der Waals surface area contributed by atoms with Crippen LogP contribution in [0, 0.1) is 5.92 Å². The van der Waals surface area contributed by atoms with Crippen LogP contribution < -0.4 is 0 Å². The van der Waals surface area contributed by atoms with Crippen molar-refractivity contribution in [3.8, 4) is 0 Å². The molecule has 2 rings (SSSR count). The third kappa shape index (κ3) is 1.99. The molecule has 0 atom stereocenters. The average molecular weight is 203 g/mol. The van der Waals surface area contributed by atoms with Crippen LogP contribution >= 0.6 is 0 Å². The van der Waals surface area contributed by atoms with Gasteiger partial charge in [0.25, 0.3) is 0 Å². The van der Waals surface area contributed by atoms with Gasteiger partial charge in [-0.05, 0) is 12.8 Å². The molecule has 0 nitrogen and oxygen atoms in total. The molecule has 1 heteroatoms. The molecule has 65 valence electrons. The van der Waals surface area contributed by atoms with Gasteiger partial charge < -0.3 is 0 Å². The first-order valence-electron chi connectivity index (χ1n) is 4.17. The Bertz CT molecular complexity index is 244. The van der Waals surface area contributed by atoms with E-state index in [2.05, 4.69) is 42.5 Å². The molecule has 0 fully saturated rings. The molecular weight excluding hydrogens is 191 g/mol. The fourth-order valence-corrected chi connectivity index (χ4v) is 1.58. The van der Waals surface area contributed by atoms with Gasteiger partial charge >= 0.3 is 0 Å². The second-order valence-electron chi connectivity index (χ2n) is 3.00. The van der Waals surface area contributed by atoms with Crippen LogP contribution in [0.25, 0.3) is 0 Å². The maximum Gasteiger partial charge on any atom is 0.0166 e. The summed E-state index contributed by atoms with van der Waals surface area (Å²) in [7, 11) is 0. The summed E-state index contributed by atoms with van der Waals surface area (Å²) >= 11 is 0. The largest absolute Gasteiger partial charge is 0.0842 e. The monoisotopic (exact) mass is 203 g/mol. The van der Waals surface area contributed by atoms with Crippen molar-refractivity contribution in [3.63, 3.8) is 0 Å². The fraction of sp³-hybridized carbons (Fsp3) is 0.273. The standard InChI is InChI=1S/C11H12.Co/c1-2-6-10(7-3-1)11-8-4-5-9-11;/h1-2,4-6,8-9,11H,3,7H2;. The summed E-state index contributed by atoms with van der Waals surface area (Å²) in [5.74, 6) is 0.597. The number of hydrogen-bond donors (Lipinski definition) is 0. The number of allylic oxidation sites excluding steroid dienone is 8. The summed E-state index contributed by atoms with van der Waals surface area (Å²) in [5, 5.41) is 0. The molecule has 0 aliphatic heterocycles. The van der Waals surface area contributed by atoms with E-state index >= 15 is 0 Å². The maximum atomic E-state index is 2.25. The third-order valence-electron chi connectivity index (χ3n) is 2.22. The van der Waals surface area contributed by atoms with Gasteiger partial charge in [0.05, 0.1) is 0 Å². The molecule has 0 aromatic carbocycles. The first kappa shape index (κ1) is 9.55. The van der Waals surface area contributed by atoms with Crippen LogP contribution in [0.4, 0.5) is 0 Å². The topological polar surface area (TPSA) is 0 Å². The SMILES string of the molecule is C1=CCCC(C2C=CC=C2)=C1.[Co]. The molecule has 0 saturated carbocycles. The fourth-order valence-electron chi connectivity index (χ4n) is 1.58. The Morgan fingerprint density at radius 2 is 1.83 bits per heavy atom. The van der Waals surface area contributed by atoms with E-state index in [0.717, 1.165) is 0 Å². The summed E-state index contributed by atoms with van der Waals surface area (Å²) < 4.78 is 0. The van der Waals surface area contributed by atoms with Crippen LogP contribution in [0.1, 0.15) is 12.8 Å². The molecule has 0 N–H and O–H groups in total. The van der Waals surface area contributed by atoms with Crippen LogP contribution in [0.3, 0.4) is 0 Å². The van der Waals surface area contributed by atoms with E-state index in [4.69, 9.17) is 0 Å². The maximum absolute atomic E-state index is 2.25. The molecule has 0 spiro atoms. The zero-order valence-electron chi connectivity index (χ0n) is 6.87. The van der Waals surface area contributed by atoms with E-state index in [-0.39, 0.29) is 16.8 Å². The summed E-state index contributed by atoms with van der Waals surface area (Å²) in [6.07, 6.45) is 17.8. The Balaban J connectivity index is 0.000000720. The van der Waals surface area contributed by atoms with E-state index in [1.54, 1.807) is 5.57 Å². The molecule has 1 radical (unpaired) electrons. The quantitative estimate of drug-likeness (QED) is 0.614. The van der Waals surface area contributed by atoms with Crippen LogP contribution in [-0.4, -0.2) is 0 Å². The minimum Gasteiger partial charge on any atom is -0.0842 e. The van der Waals surface area contributed by atoms with Crippen LogP contribution in [0.2, 0.25) is 0 Å². The zero-order valence-corrected chi connectivity index (χ0v) is 7.91. The van der Waals surface area contributed by atoms with Gasteiger partial charge in [0, 0.05) is 22.7 Å². The van der Waals surface area contributed by atoms with E-state index < -0.39 is 0 Å². The Labute approximate surface area is 83.9 Å². The van der Waals surface area contributed by atoms with E-state index in [9.17, 15) is 0 Å². The summed E-state index contributed by atoms with van der Waals surface area (Å²) in [6.45, 7) is 0. The molecule has 0 amide bonds. The number of rotatable bonds is 1. The average Bonchev–Trinajstić information content (AvgIpc) is 2.58. The van der Waals surface area contributed by atoms with Gasteiger partial charge in [-0.3, -0.25) is 0 Å². The van der Waals surface area contributed by atoms with Gasteiger partial charge in [-0.1, -0.05) is 48.1 Å². The van der Waals surface area contributed by atoms with Crippen LogP contribution in [0.15, 0.2) is 48.1 Å². The summed E-state index contributed by atoms with van der Waals surface area (Å²) in [5.41, 5.74) is 1.55. The second kappa shape index (κ2) is 4.48. The minimum absolute atomic E-state index is 0. The molecular formula is C11H12Co. The normalized spacial score (nSPS) is 20.8. The van der Waals surface area contributed by atoms with E-state index in [1.807, 2.05) is 0 Å². The van der Waals surface area contributed by atoms with Gasteiger partial charge in [-0.2, -0.15) is 0 Å². The Hall–Kier alpha value is -0.534. The van der Waals surface area contributed by atoms with Crippen LogP contribution in [0.5, 0.6) is 0 Å². The first-order valence-corrected chi connectivity index (χ1v) is 4.17. The van der Waals surface area contributed by atoms with E-state index in [0.29, 0.717) is 5.92 Å². The predicted octanol–water partition coefficient (Wildman–Crippen LogP) is 3.00. The summed E-state index contributed by atoms with van der Waals surface area (Å²) in [4.78, 5) is 0. The number of hydrogen-bond acceptors (Lipinski definition) is 0. The van der Waals surface area contributed by atoms with Crippen molar-refractivity contribution in [2.24, 2.45) is 5.92 Å². The zero-order chi connectivity index (χ0) is 7.52. The van der Waals surface area contributed by atoms with Crippen molar-refractivity contribution in [1.82, 2.24) is 0 Å². The van der Waals surface area contributed by atoms with Crippen molar-refractivity contribution in [3.05, 3.63) is 48.1 Å². The van der Waals surface area contributed by atoms with Gasteiger partial charge in [-0.25, -0.2) is 0 Å². The van der Waals surface area contributed by atoms with Crippen LogP contribution in [-0.2, 0) is 16.8 Å². The summed E-state index contributed by atoms with van der Waals surface area (Å²) in [6, 6.07) is 0. The first-order chi connectivity index (χ1) is 5.47. The van der Waals surface area contributed by atoms with Gasteiger partial charge in [0.15, 0.2) is 0 Å². The van der Waals surface area contributed by atoms with Crippen molar-refractivity contribution >= 4 is 0 Å². The van der Waals surface area contributed by atoms with Crippen molar-refractivity contribution in [2.45, 2.75) is 12.8 Å². The smallest absolute Gasteiger partial charge is 0.0166 e. The molecule has 0 bridgehead atoms. The Kier molecular flexibility index (Phi) is 3.57. The predicted molar refractivity (Wildman–Crippen MR) is 48.2 cm³/mol. The molecule has 2 aliphatic rings. The minimum atomic E-state index is 0. The third-order valence-corrected chi connectivity index (χ3v) is 2.22. The van der Waals surface area contributed by atoms with Gasteiger partial charge in [0.1, 0.15) is 0 Å². The van der Waals surface area contributed by atoms with Gasteiger partial charge in [-0.15, -0.1) is 0 Å². The van der Waals surface area contributed by atoms with Crippen molar-refractivity contribution in [1.29, 1.82) is 0 Å². The Morgan fingerprint density at radius 3 is 2.42 bits per heavy atom. The molecule has 0 aromatic heterocycles. The molecule has 0 aromatic rings. The molecule has 12 heavy (non-hydrogen) atoms. The van der Waals surface area contributed by atoms with E-state index in [1.165, 1.54) is 12.8 Å².